The van der Waals surface area contributed by atoms with E-state index < -0.39 is 17.4 Å². The molecule has 0 spiro atoms. The van der Waals surface area contributed by atoms with E-state index in [0.717, 1.165) is 5.57 Å². The highest BCUT2D eigenvalue weighted by molar-refractivity contribution is 6.06. The summed E-state index contributed by atoms with van der Waals surface area (Å²) < 4.78 is 14.4. The number of carbonyl (C=O) groups excluding carboxylic acids is 3. The van der Waals surface area contributed by atoms with Crippen LogP contribution in [-0.2, 0) is 28.6 Å². The summed E-state index contributed by atoms with van der Waals surface area (Å²) >= 11 is 0. The van der Waals surface area contributed by atoms with E-state index in [1.165, 1.54) is 21.3 Å². The van der Waals surface area contributed by atoms with Gasteiger partial charge in [0.1, 0.15) is 6.61 Å². The highest BCUT2D eigenvalue weighted by Crippen LogP contribution is 2.45. The van der Waals surface area contributed by atoms with Gasteiger partial charge in [-0.1, -0.05) is 11.6 Å². The molecule has 0 aromatic heterocycles. The molecule has 0 unspecified atom stereocenters. The lowest BCUT2D eigenvalue weighted by molar-refractivity contribution is -0.168. The minimum absolute atomic E-state index is 0.0341. The summed E-state index contributed by atoms with van der Waals surface area (Å²) in [6.45, 7) is 3.65. The third kappa shape index (κ3) is 3.44. The molecule has 0 aromatic carbocycles. The first kappa shape index (κ1) is 18.1. The molecule has 1 rings (SSSR count). The van der Waals surface area contributed by atoms with Crippen LogP contribution in [0.2, 0.25) is 0 Å². The molecule has 0 aromatic rings. The van der Waals surface area contributed by atoms with Crippen LogP contribution in [0.1, 0.15) is 26.7 Å². The summed E-state index contributed by atoms with van der Waals surface area (Å²) in [6, 6.07) is 0. The first-order valence-electron chi connectivity index (χ1n) is 6.88. The van der Waals surface area contributed by atoms with Crippen molar-refractivity contribution in [3.05, 3.63) is 22.8 Å². The van der Waals surface area contributed by atoms with Gasteiger partial charge in [-0.25, -0.2) is 0 Å². The molecular weight excluding hydrogens is 288 g/mol. The van der Waals surface area contributed by atoms with Crippen molar-refractivity contribution in [2.75, 3.05) is 27.9 Å². The number of rotatable bonds is 6. The lowest BCUT2D eigenvalue weighted by Gasteiger charge is -2.23. The van der Waals surface area contributed by atoms with Gasteiger partial charge in [-0.05, 0) is 25.8 Å². The van der Waals surface area contributed by atoms with Crippen LogP contribution in [0, 0.1) is 5.41 Å². The number of Topliss-reactive ketones (excluding diaryl/α,β-unsaturated/α-hetero) is 1. The Morgan fingerprint density at radius 2 is 1.59 bits per heavy atom. The van der Waals surface area contributed by atoms with Crippen molar-refractivity contribution in [3.63, 3.8) is 0 Å². The molecule has 122 valence electrons. The maximum atomic E-state index is 12.2. The molecule has 1 aliphatic carbocycles. The predicted octanol–water partition coefficient (Wildman–Crippen LogP) is 1.59. The Kier molecular flexibility index (Phi) is 6.05. The maximum absolute atomic E-state index is 12.2. The molecule has 1 aliphatic rings. The third-order valence-electron chi connectivity index (χ3n) is 3.59. The molecule has 0 saturated carbocycles. The first-order valence-corrected chi connectivity index (χ1v) is 6.88. The lowest BCUT2D eigenvalue weighted by Crippen LogP contribution is -2.39. The second-order valence-electron chi connectivity index (χ2n) is 5.50. The van der Waals surface area contributed by atoms with Crippen molar-refractivity contribution < 1.29 is 28.6 Å². The quantitative estimate of drug-likeness (QED) is 0.547. The van der Waals surface area contributed by atoms with Crippen LogP contribution >= 0.6 is 0 Å². The second kappa shape index (κ2) is 7.35. The number of esters is 2. The van der Waals surface area contributed by atoms with Gasteiger partial charge in [0.25, 0.3) is 0 Å². The van der Waals surface area contributed by atoms with Crippen molar-refractivity contribution >= 4 is 17.7 Å². The molecule has 6 heteroatoms. The van der Waals surface area contributed by atoms with Gasteiger partial charge < -0.3 is 14.2 Å². The normalized spacial score (nSPS) is 16.2. The SMILES string of the molecule is COCC(=O)C1=C(C=C(C)C)CC(C(=O)OC)(C(=O)OC)C1. The highest BCUT2D eigenvalue weighted by atomic mass is 16.5. The van der Waals surface area contributed by atoms with E-state index in [-0.39, 0.29) is 25.2 Å². The number of carbonyl (C=O) groups is 3. The molecule has 0 heterocycles. The number of hydrogen-bond donors (Lipinski definition) is 0. The number of ether oxygens (including phenoxy) is 3. The molecule has 0 atom stereocenters. The fourth-order valence-corrected chi connectivity index (χ4v) is 2.65. The van der Waals surface area contributed by atoms with Gasteiger partial charge in [-0.15, -0.1) is 0 Å². The zero-order chi connectivity index (χ0) is 16.9. The Bertz CT molecular complexity index is 521. The van der Waals surface area contributed by atoms with Crippen LogP contribution in [0.15, 0.2) is 22.8 Å². The van der Waals surface area contributed by atoms with Crippen LogP contribution < -0.4 is 0 Å². The molecule has 6 nitrogen and oxygen atoms in total. The molecule has 0 aliphatic heterocycles. The molecule has 0 radical (unpaired) electrons. The second-order valence-corrected chi connectivity index (χ2v) is 5.50. The van der Waals surface area contributed by atoms with Crippen molar-refractivity contribution in [2.24, 2.45) is 5.41 Å². The van der Waals surface area contributed by atoms with Crippen molar-refractivity contribution in [1.82, 2.24) is 0 Å². The van der Waals surface area contributed by atoms with E-state index in [4.69, 9.17) is 14.2 Å². The first-order chi connectivity index (χ1) is 10.3. The minimum atomic E-state index is -1.50. The van der Waals surface area contributed by atoms with Crippen LogP contribution in [0.25, 0.3) is 0 Å². The van der Waals surface area contributed by atoms with Gasteiger partial charge in [0.05, 0.1) is 14.2 Å². The molecule has 22 heavy (non-hydrogen) atoms. The molecular formula is C16H22O6. The van der Waals surface area contributed by atoms with Crippen LogP contribution in [-0.4, -0.2) is 45.7 Å². The van der Waals surface area contributed by atoms with E-state index in [2.05, 4.69) is 0 Å². The largest absolute Gasteiger partial charge is 0.468 e. The van der Waals surface area contributed by atoms with E-state index in [0.29, 0.717) is 11.1 Å². The average molecular weight is 310 g/mol. The zero-order valence-electron chi connectivity index (χ0n) is 13.6. The van der Waals surface area contributed by atoms with E-state index >= 15 is 0 Å². The van der Waals surface area contributed by atoms with Crippen molar-refractivity contribution in [1.29, 1.82) is 0 Å². The van der Waals surface area contributed by atoms with Crippen LogP contribution in [0.3, 0.4) is 0 Å². The van der Waals surface area contributed by atoms with Crippen molar-refractivity contribution in [2.45, 2.75) is 26.7 Å². The van der Waals surface area contributed by atoms with E-state index in [9.17, 15) is 14.4 Å². The van der Waals surface area contributed by atoms with Crippen LogP contribution in [0.5, 0.6) is 0 Å². The monoisotopic (exact) mass is 310 g/mol. The summed E-state index contributed by atoms with van der Waals surface area (Å²) in [5.74, 6) is -1.64. The standard InChI is InChI=1S/C16H22O6/c1-10(2)6-11-7-16(14(18)21-4,15(19)22-5)8-12(11)13(17)9-20-3/h6H,7-9H2,1-5H3. The fourth-order valence-electron chi connectivity index (χ4n) is 2.65. The van der Waals surface area contributed by atoms with Gasteiger partial charge in [0, 0.05) is 19.1 Å². The summed E-state index contributed by atoms with van der Waals surface area (Å²) in [7, 11) is 3.84. The van der Waals surface area contributed by atoms with Gasteiger partial charge in [-0.2, -0.15) is 0 Å². The van der Waals surface area contributed by atoms with Crippen LogP contribution in [0.4, 0.5) is 0 Å². The van der Waals surface area contributed by atoms with Gasteiger partial charge in [0.2, 0.25) is 0 Å². The Balaban J connectivity index is 3.32. The van der Waals surface area contributed by atoms with E-state index in [1.54, 1.807) is 6.08 Å². The molecule has 0 amide bonds. The summed E-state index contributed by atoms with van der Waals surface area (Å²) in [6.07, 6.45) is 1.85. The zero-order valence-corrected chi connectivity index (χ0v) is 13.6. The Morgan fingerprint density at radius 1 is 1.05 bits per heavy atom. The molecule has 0 fully saturated rings. The number of allylic oxidation sites excluding steroid dienone is 3. The minimum Gasteiger partial charge on any atom is -0.468 e. The van der Waals surface area contributed by atoms with Crippen molar-refractivity contribution in [3.8, 4) is 0 Å². The summed E-state index contributed by atoms with van der Waals surface area (Å²) in [5.41, 5.74) is 0.531. The number of methoxy groups -OCH3 is 3. The predicted molar refractivity (Wildman–Crippen MR) is 79.0 cm³/mol. The Hall–Kier alpha value is -1.95. The fraction of sp³-hybridized carbons (Fsp3) is 0.562. The number of ketones is 1. The number of hydrogen-bond acceptors (Lipinski definition) is 6. The Labute approximate surface area is 130 Å². The average Bonchev–Trinajstić information content (AvgIpc) is 2.85. The summed E-state index contributed by atoms with van der Waals surface area (Å²) in [4.78, 5) is 36.6. The molecule has 0 bridgehead atoms. The topological polar surface area (TPSA) is 78.9 Å². The summed E-state index contributed by atoms with van der Waals surface area (Å²) in [5, 5.41) is 0. The molecule has 0 N–H and O–H groups in total. The van der Waals surface area contributed by atoms with Gasteiger partial charge >= 0.3 is 11.9 Å². The third-order valence-corrected chi connectivity index (χ3v) is 3.59. The Morgan fingerprint density at radius 3 is 2.00 bits per heavy atom. The maximum Gasteiger partial charge on any atom is 0.323 e. The smallest absolute Gasteiger partial charge is 0.323 e. The van der Waals surface area contributed by atoms with E-state index in [1.807, 2.05) is 13.8 Å². The highest BCUT2D eigenvalue weighted by Gasteiger charge is 2.54. The molecule has 0 saturated heterocycles. The van der Waals surface area contributed by atoms with Gasteiger partial charge in [0.15, 0.2) is 11.2 Å². The van der Waals surface area contributed by atoms with Gasteiger partial charge in [-0.3, -0.25) is 14.4 Å². The lowest BCUT2D eigenvalue weighted by atomic mass is 9.83.